The SMILES string of the molecule is COc1ccccc1NCC(=O)N1c2ccccc2SC[C@@H]1c1ccccc1. The van der Waals surface area contributed by atoms with Gasteiger partial charge in [0, 0.05) is 10.6 Å². The molecule has 0 aromatic heterocycles. The van der Waals surface area contributed by atoms with Crippen LogP contribution in [0.5, 0.6) is 5.75 Å². The Morgan fingerprint density at radius 2 is 1.75 bits per heavy atom. The molecule has 4 rings (SSSR count). The third-order valence-electron chi connectivity index (χ3n) is 4.82. The average molecular weight is 391 g/mol. The number of fused-ring (bicyclic) bond motifs is 1. The molecule has 0 bridgehead atoms. The summed E-state index contributed by atoms with van der Waals surface area (Å²) in [4.78, 5) is 16.4. The van der Waals surface area contributed by atoms with Crippen LogP contribution in [0.4, 0.5) is 11.4 Å². The predicted octanol–water partition coefficient (Wildman–Crippen LogP) is 4.99. The van der Waals surface area contributed by atoms with E-state index in [2.05, 4.69) is 23.5 Å². The van der Waals surface area contributed by atoms with E-state index < -0.39 is 0 Å². The molecule has 1 atom stereocenters. The summed E-state index contributed by atoms with van der Waals surface area (Å²) in [7, 11) is 1.63. The van der Waals surface area contributed by atoms with Gasteiger partial charge in [0.2, 0.25) is 5.91 Å². The average Bonchev–Trinajstić information content (AvgIpc) is 2.77. The van der Waals surface area contributed by atoms with Crippen LogP contribution in [0.2, 0.25) is 0 Å². The van der Waals surface area contributed by atoms with Crippen molar-refractivity contribution in [3.8, 4) is 5.75 Å². The molecule has 0 spiro atoms. The van der Waals surface area contributed by atoms with E-state index in [9.17, 15) is 4.79 Å². The highest BCUT2D eigenvalue weighted by atomic mass is 32.2. The van der Waals surface area contributed by atoms with E-state index in [1.807, 2.05) is 65.6 Å². The van der Waals surface area contributed by atoms with Crippen molar-refractivity contribution in [3.05, 3.63) is 84.4 Å². The zero-order valence-corrected chi connectivity index (χ0v) is 16.5. The summed E-state index contributed by atoms with van der Waals surface area (Å²) in [5.74, 6) is 1.60. The molecule has 3 aromatic rings. The van der Waals surface area contributed by atoms with E-state index in [-0.39, 0.29) is 18.5 Å². The van der Waals surface area contributed by atoms with E-state index in [0.717, 1.165) is 33.3 Å². The van der Waals surface area contributed by atoms with Gasteiger partial charge < -0.3 is 15.0 Å². The fourth-order valence-electron chi connectivity index (χ4n) is 3.46. The van der Waals surface area contributed by atoms with Crippen molar-refractivity contribution in [1.82, 2.24) is 0 Å². The summed E-state index contributed by atoms with van der Waals surface area (Å²) in [6.07, 6.45) is 0. The first kappa shape index (κ1) is 18.4. The van der Waals surface area contributed by atoms with Crippen LogP contribution >= 0.6 is 11.8 Å². The molecule has 3 aromatic carbocycles. The number of rotatable bonds is 5. The number of para-hydroxylation sites is 3. The van der Waals surface area contributed by atoms with Crippen molar-refractivity contribution in [2.75, 3.05) is 29.6 Å². The van der Waals surface area contributed by atoms with E-state index >= 15 is 0 Å². The Morgan fingerprint density at radius 1 is 1.04 bits per heavy atom. The lowest BCUT2D eigenvalue weighted by atomic mass is 10.1. The van der Waals surface area contributed by atoms with Gasteiger partial charge >= 0.3 is 0 Å². The first-order valence-corrected chi connectivity index (χ1v) is 10.2. The Bertz CT molecular complexity index is 962. The van der Waals surface area contributed by atoms with Crippen LogP contribution < -0.4 is 15.0 Å². The topological polar surface area (TPSA) is 41.6 Å². The van der Waals surface area contributed by atoms with Gasteiger partial charge in [0.1, 0.15) is 5.75 Å². The van der Waals surface area contributed by atoms with Crippen LogP contribution in [-0.4, -0.2) is 25.3 Å². The van der Waals surface area contributed by atoms with Gasteiger partial charge in [-0.25, -0.2) is 0 Å². The number of carbonyl (C=O) groups excluding carboxylic acids is 1. The Kier molecular flexibility index (Phi) is 5.53. The van der Waals surface area contributed by atoms with Gasteiger partial charge in [0.15, 0.2) is 0 Å². The number of thioether (sulfide) groups is 1. The monoisotopic (exact) mass is 390 g/mol. The van der Waals surface area contributed by atoms with Crippen molar-refractivity contribution in [1.29, 1.82) is 0 Å². The quantitative estimate of drug-likeness (QED) is 0.667. The Labute approximate surface area is 169 Å². The van der Waals surface area contributed by atoms with Gasteiger partial charge in [-0.05, 0) is 29.8 Å². The van der Waals surface area contributed by atoms with Crippen LogP contribution in [0, 0.1) is 0 Å². The minimum atomic E-state index is 0.00747. The van der Waals surface area contributed by atoms with Crippen LogP contribution in [0.1, 0.15) is 11.6 Å². The van der Waals surface area contributed by atoms with Crippen molar-refractivity contribution in [2.45, 2.75) is 10.9 Å². The molecule has 0 radical (unpaired) electrons. The molecule has 1 aliphatic rings. The van der Waals surface area contributed by atoms with Crippen LogP contribution in [0.15, 0.2) is 83.8 Å². The normalized spacial score (nSPS) is 15.6. The summed E-state index contributed by atoms with van der Waals surface area (Å²) in [5.41, 5.74) is 2.93. The maximum Gasteiger partial charge on any atom is 0.246 e. The van der Waals surface area contributed by atoms with E-state index in [0.29, 0.717) is 0 Å². The van der Waals surface area contributed by atoms with E-state index in [4.69, 9.17) is 4.74 Å². The van der Waals surface area contributed by atoms with Crippen molar-refractivity contribution in [3.63, 3.8) is 0 Å². The van der Waals surface area contributed by atoms with Gasteiger partial charge in [-0.15, -0.1) is 11.8 Å². The van der Waals surface area contributed by atoms with E-state index in [1.54, 1.807) is 18.9 Å². The lowest BCUT2D eigenvalue weighted by molar-refractivity contribution is -0.117. The Balaban J connectivity index is 1.62. The molecule has 1 amide bonds. The van der Waals surface area contributed by atoms with Crippen molar-refractivity contribution in [2.24, 2.45) is 0 Å². The molecule has 142 valence electrons. The minimum absolute atomic E-state index is 0.00747. The smallest absolute Gasteiger partial charge is 0.246 e. The molecule has 0 fully saturated rings. The highest BCUT2D eigenvalue weighted by molar-refractivity contribution is 7.99. The van der Waals surface area contributed by atoms with Crippen LogP contribution in [0.25, 0.3) is 0 Å². The highest BCUT2D eigenvalue weighted by Gasteiger charge is 2.32. The van der Waals surface area contributed by atoms with Gasteiger partial charge in [-0.1, -0.05) is 54.6 Å². The molecule has 5 heteroatoms. The molecule has 4 nitrogen and oxygen atoms in total. The fraction of sp³-hybridized carbons (Fsp3) is 0.174. The number of nitrogens with one attached hydrogen (secondary N) is 1. The summed E-state index contributed by atoms with van der Waals surface area (Å²) >= 11 is 1.80. The number of nitrogens with zero attached hydrogens (tertiary/aromatic N) is 1. The zero-order chi connectivity index (χ0) is 19.3. The van der Waals surface area contributed by atoms with Crippen LogP contribution in [-0.2, 0) is 4.79 Å². The lowest BCUT2D eigenvalue weighted by Crippen LogP contribution is -2.41. The molecule has 0 saturated carbocycles. The Morgan fingerprint density at radius 3 is 2.57 bits per heavy atom. The number of hydrogen-bond donors (Lipinski definition) is 1. The second-order valence-electron chi connectivity index (χ2n) is 6.52. The minimum Gasteiger partial charge on any atom is -0.495 e. The lowest BCUT2D eigenvalue weighted by Gasteiger charge is -2.37. The van der Waals surface area contributed by atoms with Crippen molar-refractivity contribution < 1.29 is 9.53 Å². The summed E-state index contributed by atoms with van der Waals surface area (Å²) in [6, 6.07) is 26.0. The first-order valence-electron chi connectivity index (χ1n) is 9.23. The maximum absolute atomic E-state index is 13.3. The predicted molar refractivity (Wildman–Crippen MR) is 115 cm³/mol. The summed E-state index contributed by atoms with van der Waals surface area (Å²) < 4.78 is 5.38. The largest absolute Gasteiger partial charge is 0.495 e. The molecule has 28 heavy (non-hydrogen) atoms. The third kappa shape index (κ3) is 3.71. The van der Waals surface area contributed by atoms with Gasteiger partial charge in [-0.2, -0.15) is 0 Å². The second-order valence-corrected chi connectivity index (χ2v) is 7.58. The molecule has 1 heterocycles. The molecule has 1 aliphatic heterocycles. The van der Waals surface area contributed by atoms with Crippen molar-refractivity contribution >= 4 is 29.0 Å². The number of methoxy groups -OCH3 is 1. The highest BCUT2D eigenvalue weighted by Crippen LogP contribution is 2.43. The number of carbonyl (C=O) groups is 1. The Hall–Kier alpha value is -2.92. The number of benzene rings is 3. The number of amides is 1. The number of ether oxygens (including phenoxy) is 1. The molecular formula is C23H22N2O2S. The standard InChI is InChI=1S/C23H22N2O2S/c1-27-21-13-7-5-11-18(21)24-15-23(26)25-19-12-6-8-14-22(19)28-16-20(25)17-9-3-2-4-10-17/h2-14,20,24H,15-16H2,1H3/t20-/m1/s1. The molecule has 0 unspecified atom stereocenters. The molecular weight excluding hydrogens is 368 g/mol. The summed E-state index contributed by atoms with van der Waals surface area (Å²) in [6.45, 7) is 0.197. The van der Waals surface area contributed by atoms with Crippen LogP contribution in [0.3, 0.4) is 0 Å². The molecule has 1 N–H and O–H groups in total. The summed E-state index contributed by atoms with van der Waals surface area (Å²) in [5, 5.41) is 3.24. The zero-order valence-electron chi connectivity index (χ0n) is 15.7. The molecule has 0 saturated heterocycles. The first-order chi connectivity index (χ1) is 13.8. The van der Waals surface area contributed by atoms with Gasteiger partial charge in [-0.3, -0.25) is 4.79 Å². The molecule has 0 aliphatic carbocycles. The maximum atomic E-state index is 13.3. The van der Waals surface area contributed by atoms with Gasteiger partial charge in [0.25, 0.3) is 0 Å². The number of anilines is 2. The third-order valence-corrected chi connectivity index (χ3v) is 5.96. The van der Waals surface area contributed by atoms with Gasteiger partial charge in [0.05, 0.1) is 31.1 Å². The number of hydrogen-bond acceptors (Lipinski definition) is 4. The van der Waals surface area contributed by atoms with E-state index in [1.165, 1.54) is 0 Å². The second kappa shape index (κ2) is 8.40. The fourth-order valence-corrected chi connectivity index (χ4v) is 4.63.